The van der Waals surface area contributed by atoms with Gasteiger partial charge in [-0.15, -0.1) is 11.3 Å². The standard InChI is InChI=1S/C11H10FN3OS/c1-7(11-13-4-5-17-11)15-10(16)8-2-3-9(12)14-6-8/h2-7H,1H3,(H,15,16). The Bertz CT molecular complexity index is 498. The highest BCUT2D eigenvalue weighted by Gasteiger charge is 2.13. The molecule has 4 nitrogen and oxygen atoms in total. The number of hydrogen-bond acceptors (Lipinski definition) is 4. The average Bonchev–Trinajstić information content (AvgIpc) is 2.83. The molecular weight excluding hydrogens is 241 g/mol. The lowest BCUT2D eigenvalue weighted by molar-refractivity contribution is 0.0939. The Morgan fingerprint density at radius 2 is 2.29 bits per heavy atom. The summed E-state index contributed by atoms with van der Waals surface area (Å²) in [7, 11) is 0. The fourth-order valence-electron chi connectivity index (χ4n) is 1.30. The Kier molecular flexibility index (Phi) is 3.43. The lowest BCUT2D eigenvalue weighted by Gasteiger charge is -2.10. The first-order chi connectivity index (χ1) is 8.16. The third-order valence-electron chi connectivity index (χ3n) is 2.16. The van der Waals surface area contributed by atoms with Gasteiger partial charge in [0.25, 0.3) is 5.91 Å². The number of rotatable bonds is 3. The second kappa shape index (κ2) is 5.01. The zero-order valence-electron chi connectivity index (χ0n) is 9.05. The molecule has 1 amide bonds. The third kappa shape index (κ3) is 2.85. The molecule has 0 saturated heterocycles. The van der Waals surface area contributed by atoms with Gasteiger partial charge in [-0.25, -0.2) is 9.97 Å². The summed E-state index contributed by atoms with van der Waals surface area (Å²) in [5.41, 5.74) is 0.329. The maximum atomic E-state index is 12.6. The maximum Gasteiger partial charge on any atom is 0.253 e. The highest BCUT2D eigenvalue weighted by molar-refractivity contribution is 7.09. The fraction of sp³-hybridized carbons (Fsp3) is 0.182. The molecule has 1 N–H and O–H groups in total. The summed E-state index contributed by atoms with van der Waals surface area (Å²) in [6.07, 6.45) is 2.89. The third-order valence-corrected chi connectivity index (χ3v) is 3.12. The number of nitrogens with zero attached hydrogens (tertiary/aromatic N) is 2. The Labute approximate surface area is 102 Å². The number of carbonyl (C=O) groups is 1. The van der Waals surface area contributed by atoms with Gasteiger partial charge in [0.05, 0.1) is 11.6 Å². The van der Waals surface area contributed by atoms with Gasteiger partial charge in [-0.05, 0) is 19.1 Å². The molecule has 0 saturated carbocycles. The average molecular weight is 251 g/mol. The van der Waals surface area contributed by atoms with E-state index in [9.17, 15) is 9.18 Å². The highest BCUT2D eigenvalue weighted by atomic mass is 32.1. The Morgan fingerprint density at radius 1 is 1.47 bits per heavy atom. The van der Waals surface area contributed by atoms with Crippen molar-refractivity contribution in [1.82, 2.24) is 15.3 Å². The van der Waals surface area contributed by atoms with Gasteiger partial charge >= 0.3 is 0 Å². The van der Waals surface area contributed by atoms with E-state index in [4.69, 9.17) is 0 Å². The molecular formula is C11H10FN3OS. The lowest BCUT2D eigenvalue weighted by atomic mass is 10.2. The van der Waals surface area contributed by atoms with Gasteiger partial charge in [0.15, 0.2) is 0 Å². The van der Waals surface area contributed by atoms with Crippen LogP contribution in [0.2, 0.25) is 0 Å². The van der Waals surface area contributed by atoms with Crippen molar-refractivity contribution >= 4 is 17.2 Å². The SMILES string of the molecule is CC(NC(=O)c1ccc(F)nc1)c1nccs1. The van der Waals surface area contributed by atoms with Crippen molar-refractivity contribution in [2.24, 2.45) is 0 Å². The van der Waals surface area contributed by atoms with E-state index >= 15 is 0 Å². The number of aromatic nitrogens is 2. The van der Waals surface area contributed by atoms with Crippen molar-refractivity contribution in [3.05, 3.63) is 46.4 Å². The predicted octanol–water partition coefficient (Wildman–Crippen LogP) is 2.17. The van der Waals surface area contributed by atoms with Crippen LogP contribution in [-0.4, -0.2) is 15.9 Å². The maximum absolute atomic E-state index is 12.6. The minimum absolute atomic E-state index is 0.174. The molecule has 0 aromatic carbocycles. The number of halogens is 1. The van der Waals surface area contributed by atoms with Gasteiger partial charge in [0, 0.05) is 17.8 Å². The molecule has 2 aromatic heterocycles. The van der Waals surface area contributed by atoms with Crippen molar-refractivity contribution in [1.29, 1.82) is 0 Å². The molecule has 17 heavy (non-hydrogen) atoms. The van der Waals surface area contributed by atoms with Crippen LogP contribution in [0, 0.1) is 5.95 Å². The summed E-state index contributed by atoms with van der Waals surface area (Å²) in [6.45, 7) is 1.84. The van der Waals surface area contributed by atoms with Gasteiger partial charge in [-0.2, -0.15) is 4.39 Å². The smallest absolute Gasteiger partial charge is 0.253 e. The second-order valence-corrected chi connectivity index (χ2v) is 4.36. The summed E-state index contributed by atoms with van der Waals surface area (Å²) in [4.78, 5) is 19.3. The van der Waals surface area contributed by atoms with Crippen LogP contribution < -0.4 is 5.32 Å². The zero-order chi connectivity index (χ0) is 12.3. The number of pyridine rings is 1. The van der Waals surface area contributed by atoms with Gasteiger partial charge in [-0.3, -0.25) is 4.79 Å². The molecule has 0 radical (unpaired) electrons. The molecule has 2 heterocycles. The van der Waals surface area contributed by atoms with Crippen molar-refractivity contribution in [3.63, 3.8) is 0 Å². The second-order valence-electron chi connectivity index (χ2n) is 3.44. The Morgan fingerprint density at radius 3 is 2.88 bits per heavy atom. The summed E-state index contributed by atoms with van der Waals surface area (Å²) >= 11 is 1.47. The normalized spacial score (nSPS) is 12.1. The van der Waals surface area contributed by atoms with Gasteiger partial charge < -0.3 is 5.32 Å². The number of thiazole rings is 1. The summed E-state index contributed by atoms with van der Waals surface area (Å²) in [5.74, 6) is -0.894. The Balaban J connectivity index is 2.04. The molecule has 0 aliphatic rings. The molecule has 0 fully saturated rings. The van der Waals surface area contributed by atoms with E-state index in [0.717, 1.165) is 11.1 Å². The van der Waals surface area contributed by atoms with E-state index in [0.29, 0.717) is 5.56 Å². The van der Waals surface area contributed by atoms with E-state index in [1.807, 2.05) is 12.3 Å². The summed E-state index contributed by atoms with van der Waals surface area (Å²) in [6, 6.07) is 2.38. The fourth-order valence-corrected chi connectivity index (χ4v) is 1.95. The molecule has 0 aliphatic carbocycles. The van der Waals surface area contributed by atoms with E-state index in [-0.39, 0.29) is 11.9 Å². The number of nitrogens with one attached hydrogen (secondary N) is 1. The van der Waals surface area contributed by atoms with Gasteiger partial charge in [-0.1, -0.05) is 0 Å². The van der Waals surface area contributed by atoms with Gasteiger partial charge in [0.2, 0.25) is 5.95 Å². The topological polar surface area (TPSA) is 54.9 Å². The molecule has 0 bridgehead atoms. The molecule has 88 valence electrons. The Hall–Kier alpha value is -1.82. The molecule has 0 spiro atoms. The largest absolute Gasteiger partial charge is 0.343 e. The first-order valence-electron chi connectivity index (χ1n) is 4.98. The van der Waals surface area contributed by atoms with Crippen molar-refractivity contribution in [2.75, 3.05) is 0 Å². The lowest BCUT2D eigenvalue weighted by Crippen LogP contribution is -2.26. The first-order valence-corrected chi connectivity index (χ1v) is 5.86. The number of carbonyl (C=O) groups excluding carboxylic acids is 1. The van der Waals surface area contributed by atoms with Gasteiger partial charge in [0.1, 0.15) is 5.01 Å². The van der Waals surface area contributed by atoms with Crippen molar-refractivity contribution < 1.29 is 9.18 Å². The molecule has 1 atom stereocenters. The molecule has 1 unspecified atom stereocenters. The number of hydrogen-bond donors (Lipinski definition) is 1. The van der Waals surface area contributed by atoms with Crippen LogP contribution >= 0.6 is 11.3 Å². The summed E-state index contributed by atoms with van der Waals surface area (Å²) < 4.78 is 12.6. The van der Waals surface area contributed by atoms with E-state index < -0.39 is 5.95 Å². The van der Waals surface area contributed by atoms with Crippen molar-refractivity contribution in [3.8, 4) is 0 Å². The minimum atomic E-state index is -0.602. The number of amides is 1. The molecule has 2 rings (SSSR count). The van der Waals surface area contributed by atoms with Crippen LogP contribution in [0.4, 0.5) is 4.39 Å². The zero-order valence-corrected chi connectivity index (χ0v) is 9.87. The first kappa shape index (κ1) is 11.7. The van der Waals surface area contributed by atoms with Crippen LogP contribution in [0.25, 0.3) is 0 Å². The molecule has 0 aliphatic heterocycles. The predicted molar refractivity (Wildman–Crippen MR) is 62.2 cm³/mol. The highest BCUT2D eigenvalue weighted by Crippen LogP contribution is 2.15. The van der Waals surface area contributed by atoms with Crippen molar-refractivity contribution in [2.45, 2.75) is 13.0 Å². The molecule has 6 heteroatoms. The van der Waals surface area contributed by atoms with Crippen LogP contribution in [0.15, 0.2) is 29.9 Å². The van der Waals surface area contributed by atoms with Crippen LogP contribution in [-0.2, 0) is 0 Å². The molecule has 2 aromatic rings. The summed E-state index contributed by atoms with van der Waals surface area (Å²) in [5, 5.41) is 5.44. The van der Waals surface area contributed by atoms with Crippen LogP contribution in [0.5, 0.6) is 0 Å². The van der Waals surface area contributed by atoms with E-state index in [1.54, 1.807) is 6.20 Å². The minimum Gasteiger partial charge on any atom is -0.343 e. The van der Waals surface area contributed by atoms with Crippen LogP contribution in [0.3, 0.4) is 0 Å². The van der Waals surface area contributed by atoms with Crippen LogP contribution in [0.1, 0.15) is 28.3 Å². The quantitative estimate of drug-likeness (QED) is 0.850. The van der Waals surface area contributed by atoms with E-state index in [2.05, 4.69) is 15.3 Å². The monoisotopic (exact) mass is 251 g/mol. The van der Waals surface area contributed by atoms with E-state index in [1.165, 1.54) is 23.6 Å².